The zero-order chi connectivity index (χ0) is 48.6. The average Bonchev–Trinajstić information content (AvgIpc) is 3.17. The monoisotopic (exact) mass is 933 g/mol. The van der Waals surface area contributed by atoms with Crippen molar-refractivity contribution in [3.8, 4) is 0 Å². The molecule has 0 saturated heterocycles. The van der Waals surface area contributed by atoms with Crippen molar-refractivity contribution in [2.45, 2.75) is 123 Å². The number of amides is 2. The van der Waals surface area contributed by atoms with Gasteiger partial charge in [0.05, 0.1) is 19.3 Å². The first-order chi connectivity index (χ1) is 30.3. The normalized spacial score (nSPS) is 15.0. The van der Waals surface area contributed by atoms with Crippen molar-refractivity contribution >= 4 is 42.4 Å². The number of benzene rings is 3. The molecule has 4 atom stereocenters. The van der Waals surface area contributed by atoms with Gasteiger partial charge in [-0.25, -0.2) is 0 Å². The summed E-state index contributed by atoms with van der Waals surface area (Å²) in [5.41, 5.74) is 0.0661. The molecule has 1 N–H and O–H groups in total. The molecule has 364 valence electrons. The van der Waals surface area contributed by atoms with Crippen molar-refractivity contribution in [1.29, 1.82) is 0 Å². The van der Waals surface area contributed by atoms with Crippen LogP contribution in [0.1, 0.15) is 123 Å². The Morgan fingerprint density at radius 2 is 0.908 bits per heavy atom. The minimum atomic E-state index is -3.26. The number of rotatable bonds is 28. The smallest absolute Gasteiger partial charge is 0.236 e. The van der Waals surface area contributed by atoms with Gasteiger partial charge in [0.1, 0.15) is 23.2 Å². The van der Waals surface area contributed by atoms with Crippen molar-refractivity contribution in [2.75, 3.05) is 64.3 Å². The first-order valence-electron chi connectivity index (χ1n) is 24.9. The summed E-state index contributed by atoms with van der Waals surface area (Å²) in [5.74, 6) is 1.68. The molecule has 4 unspecified atom stereocenters. The summed E-state index contributed by atoms with van der Waals surface area (Å²) < 4.78 is 13.4. The molecule has 3 aromatic rings. The topological polar surface area (TPSA) is 81.2 Å². The molecule has 0 bridgehead atoms. The fourth-order valence-electron chi connectivity index (χ4n) is 10.7. The van der Waals surface area contributed by atoms with E-state index in [2.05, 4.69) is 198 Å². The van der Waals surface area contributed by atoms with E-state index in [1.54, 1.807) is 0 Å². The molecule has 9 heteroatoms. The Hall–Kier alpha value is -2.82. The Bertz CT molecular complexity index is 1770. The lowest BCUT2D eigenvalue weighted by molar-refractivity contribution is -0.137. The van der Waals surface area contributed by atoms with E-state index in [1.807, 2.05) is 4.90 Å². The van der Waals surface area contributed by atoms with E-state index >= 15 is 0 Å². The minimum absolute atomic E-state index is 0.0664. The maximum absolute atomic E-state index is 14.7. The van der Waals surface area contributed by atoms with E-state index in [9.17, 15) is 19.0 Å². The van der Waals surface area contributed by atoms with Gasteiger partial charge in [0.2, 0.25) is 19.2 Å². The first kappa shape index (κ1) is 56.5. The van der Waals surface area contributed by atoms with Crippen LogP contribution in [0.15, 0.2) is 91.0 Å². The third-order valence-corrected chi connectivity index (χ3v) is 19.1. The third-order valence-electron chi connectivity index (χ3n) is 12.2. The summed E-state index contributed by atoms with van der Waals surface area (Å²) in [6, 6.07) is 32.8. The lowest BCUT2D eigenvalue weighted by atomic mass is 9.77. The molecule has 0 heterocycles. The van der Waals surface area contributed by atoms with Crippen LogP contribution in [0.3, 0.4) is 0 Å². The van der Waals surface area contributed by atoms with Crippen LogP contribution in [0.5, 0.6) is 0 Å². The number of carbonyl (C=O) groups excluding carboxylic acids is 2. The van der Waals surface area contributed by atoms with Crippen molar-refractivity contribution in [1.82, 2.24) is 14.7 Å². The lowest BCUT2D eigenvalue weighted by Crippen LogP contribution is -2.48. The molecular formula is C56H92N3O4P2+. The minimum Gasteiger partial charge on any atom is -0.344 e. The Kier molecular flexibility index (Phi) is 22.7. The van der Waals surface area contributed by atoms with Gasteiger partial charge in [-0.1, -0.05) is 152 Å². The molecule has 0 saturated carbocycles. The van der Waals surface area contributed by atoms with E-state index in [0.29, 0.717) is 56.9 Å². The van der Waals surface area contributed by atoms with Crippen molar-refractivity contribution in [3.05, 3.63) is 91.0 Å². The van der Waals surface area contributed by atoms with Gasteiger partial charge in [-0.2, -0.15) is 0 Å². The van der Waals surface area contributed by atoms with Gasteiger partial charge in [-0.15, -0.1) is 0 Å². The van der Waals surface area contributed by atoms with E-state index in [-0.39, 0.29) is 59.4 Å². The summed E-state index contributed by atoms with van der Waals surface area (Å²) in [7, 11) is -5.35. The predicted octanol–water partition coefficient (Wildman–Crippen LogP) is 11.7. The van der Waals surface area contributed by atoms with E-state index in [4.69, 9.17) is 0 Å². The average molecular weight is 933 g/mol. The number of carbonyl (C=O) groups is 2. The molecule has 3 rings (SSSR count). The van der Waals surface area contributed by atoms with Gasteiger partial charge >= 0.3 is 0 Å². The lowest BCUT2D eigenvalue weighted by Gasteiger charge is -2.35. The van der Waals surface area contributed by atoms with Crippen molar-refractivity contribution in [3.63, 3.8) is 0 Å². The van der Waals surface area contributed by atoms with Gasteiger partial charge in [-0.3, -0.25) is 19.1 Å². The zero-order valence-corrected chi connectivity index (χ0v) is 45.2. The van der Waals surface area contributed by atoms with Crippen LogP contribution in [-0.4, -0.2) is 95.7 Å². The van der Waals surface area contributed by atoms with Crippen LogP contribution < -0.4 is 15.9 Å². The van der Waals surface area contributed by atoms with Crippen LogP contribution >= 0.6 is 14.6 Å². The summed E-state index contributed by atoms with van der Waals surface area (Å²) >= 11 is 0. The predicted molar refractivity (Wildman–Crippen MR) is 283 cm³/mol. The molecule has 7 nitrogen and oxygen atoms in total. The number of hydrogen-bond donors (Lipinski definition) is 1. The van der Waals surface area contributed by atoms with Crippen LogP contribution in [0.2, 0.25) is 0 Å². The first-order valence-corrected chi connectivity index (χ1v) is 28.9. The van der Waals surface area contributed by atoms with Gasteiger partial charge in [0.25, 0.3) is 0 Å². The summed E-state index contributed by atoms with van der Waals surface area (Å²) in [5, 5.41) is 4.00. The largest absolute Gasteiger partial charge is 0.344 e. The van der Waals surface area contributed by atoms with Gasteiger partial charge < -0.3 is 14.7 Å². The van der Waals surface area contributed by atoms with Crippen LogP contribution in [0.4, 0.5) is 0 Å². The number of hydrogen-bond acceptors (Lipinski definition) is 4. The van der Waals surface area contributed by atoms with Gasteiger partial charge in [0.15, 0.2) is 0 Å². The molecule has 65 heavy (non-hydrogen) atoms. The third kappa shape index (κ3) is 20.1. The Balaban J connectivity index is 1.88. The number of nitrogens with zero attached hydrogens (tertiary/aromatic N) is 3. The van der Waals surface area contributed by atoms with Crippen LogP contribution in [0.25, 0.3) is 0 Å². The Morgan fingerprint density at radius 3 is 1.28 bits per heavy atom. The molecule has 0 aliphatic heterocycles. The van der Waals surface area contributed by atoms with Crippen LogP contribution in [0, 0.1) is 46.3 Å². The molecule has 0 aromatic heterocycles. The fourth-order valence-corrected chi connectivity index (χ4v) is 17.4. The highest BCUT2D eigenvalue weighted by molar-refractivity contribution is 7.95. The Labute approximate surface area is 398 Å². The molecule has 0 fully saturated rings. The maximum Gasteiger partial charge on any atom is 0.236 e. The second-order valence-corrected chi connectivity index (χ2v) is 29.3. The summed E-state index contributed by atoms with van der Waals surface area (Å²) in [6.45, 7) is 34.3. The molecule has 2 amide bonds. The molecular weight excluding hydrogens is 841 g/mol. The zero-order valence-electron chi connectivity index (χ0n) is 43.4. The highest BCUT2D eigenvalue weighted by Gasteiger charge is 2.45. The highest BCUT2D eigenvalue weighted by Crippen LogP contribution is 2.56. The second-order valence-electron chi connectivity index (χ2n) is 23.2. The molecule has 3 aromatic carbocycles. The Morgan fingerprint density at radius 1 is 0.554 bits per heavy atom. The second kappa shape index (κ2) is 26.1. The highest BCUT2D eigenvalue weighted by atomic mass is 31.2. The van der Waals surface area contributed by atoms with Gasteiger partial charge in [-0.05, 0) is 108 Å². The van der Waals surface area contributed by atoms with E-state index in [0.717, 1.165) is 31.8 Å². The quantitative estimate of drug-likeness (QED) is 0.0734. The fraction of sp³-hybridized carbons (Fsp3) is 0.643. The van der Waals surface area contributed by atoms with E-state index < -0.39 is 14.6 Å². The standard InChI is InChI=1S/C56H91N3O4P2/c1-44(2)36-58(37-45(3)4)53(60)40-57(31-24-32-65(50-25-18-15-19-26-50,51-27-20-16-21-28-51)52-29-22-17-23-30-52)41-54(61)59(38-46(5)6)39-47(7)34-56(13,14)35-49(9)43-64(62,63)42-48(8)33-55(10,11)12/h15-23,25-30,44-49H,24,31-43H2,1-14H3/p+1. The summed E-state index contributed by atoms with van der Waals surface area (Å²) in [6.07, 6.45) is 5.15. The summed E-state index contributed by atoms with van der Waals surface area (Å²) in [4.78, 5) is 46.3. The molecule has 0 radical (unpaired) electrons. The molecule has 0 spiro atoms. The molecule has 0 aliphatic rings. The van der Waals surface area contributed by atoms with Gasteiger partial charge in [0, 0.05) is 45.0 Å². The SMILES string of the molecule is CC(C)CN(CC(C)C)C(=O)CN(CCC[P+](c1ccccc1)(c1ccccc1)c1ccccc1)CC(=O)N(CC(C)C)CC(C)CC(C)(C)CC(C)CP(=O)(O)CC(C)CC(C)(C)C. The van der Waals surface area contributed by atoms with Crippen molar-refractivity contribution < 1.29 is 19.0 Å². The molecule has 0 aliphatic carbocycles. The van der Waals surface area contributed by atoms with E-state index in [1.165, 1.54) is 15.9 Å². The van der Waals surface area contributed by atoms with Crippen molar-refractivity contribution in [2.24, 2.45) is 46.3 Å². The maximum atomic E-state index is 14.7. The van der Waals surface area contributed by atoms with Crippen LogP contribution in [-0.2, 0) is 14.2 Å².